The highest BCUT2D eigenvalue weighted by Gasteiger charge is 2.62. The number of aliphatic hydroxyl groups excluding tert-OH is 1. The molecule has 1 N–H and O–H groups in total. The average molecular weight is 224 g/mol. The third kappa shape index (κ3) is 1.14. The SMILES string of the molecule is C=C1C[C@H]2C[C@@H]3CCC[C@H](O)[C@@]13[C@@H](OC)O2. The normalized spacial score (nSPS) is 51.5. The minimum Gasteiger partial charge on any atom is -0.392 e. The van der Waals surface area contributed by atoms with Crippen molar-refractivity contribution in [1.82, 2.24) is 0 Å². The zero-order valence-electron chi connectivity index (χ0n) is 9.82. The molecule has 0 aromatic rings. The Morgan fingerprint density at radius 3 is 3.06 bits per heavy atom. The number of rotatable bonds is 1. The van der Waals surface area contributed by atoms with Crippen LogP contribution < -0.4 is 0 Å². The molecule has 0 aromatic carbocycles. The average Bonchev–Trinajstić information content (AvgIpc) is 2.28. The van der Waals surface area contributed by atoms with Crippen molar-refractivity contribution in [3.8, 4) is 0 Å². The molecule has 2 aliphatic carbocycles. The van der Waals surface area contributed by atoms with Crippen molar-refractivity contribution in [2.24, 2.45) is 11.3 Å². The summed E-state index contributed by atoms with van der Waals surface area (Å²) in [5.74, 6) is 0.501. The Morgan fingerprint density at radius 2 is 2.31 bits per heavy atom. The van der Waals surface area contributed by atoms with Gasteiger partial charge in [0.25, 0.3) is 0 Å². The smallest absolute Gasteiger partial charge is 0.169 e. The van der Waals surface area contributed by atoms with E-state index in [4.69, 9.17) is 9.47 Å². The number of fused-ring (bicyclic) bond motifs is 2. The molecular weight excluding hydrogens is 204 g/mol. The van der Waals surface area contributed by atoms with E-state index in [9.17, 15) is 5.11 Å². The summed E-state index contributed by atoms with van der Waals surface area (Å²) in [5, 5.41) is 10.4. The highest BCUT2D eigenvalue weighted by Crippen LogP contribution is 2.60. The zero-order chi connectivity index (χ0) is 11.3. The van der Waals surface area contributed by atoms with E-state index in [-0.39, 0.29) is 23.9 Å². The van der Waals surface area contributed by atoms with Crippen LogP contribution in [0.25, 0.3) is 0 Å². The van der Waals surface area contributed by atoms with Crippen molar-refractivity contribution in [1.29, 1.82) is 0 Å². The van der Waals surface area contributed by atoms with E-state index in [1.165, 1.54) is 6.42 Å². The van der Waals surface area contributed by atoms with Gasteiger partial charge in [-0.25, -0.2) is 0 Å². The van der Waals surface area contributed by atoms with Crippen LogP contribution in [0.4, 0.5) is 0 Å². The first-order valence-corrected chi connectivity index (χ1v) is 6.24. The second-order valence-electron chi connectivity index (χ2n) is 5.45. The fourth-order valence-electron chi connectivity index (χ4n) is 4.15. The molecule has 0 radical (unpaired) electrons. The Hall–Kier alpha value is -0.380. The molecule has 90 valence electrons. The van der Waals surface area contributed by atoms with Crippen molar-refractivity contribution < 1.29 is 14.6 Å². The van der Waals surface area contributed by atoms with E-state index in [0.717, 1.165) is 31.3 Å². The van der Waals surface area contributed by atoms with Gasteiger partial charge < -0.3 is 14.6 Å². The Morgan fingerprint density at radius 1 is 1.50 bits per heavy atom. The second kappa shape index (κ2) is 3.56. The van der Waals surface area contributed by atoms with Gasteiger partial charge in [0.05, 0.1) is 17.6 Å². The molecule has 5 atom stereocenters. The zero-order valence-corrected chi connectivity index (χ0v) is 9.82. The highest BCUT2D eigenvalue weighted by atomic mass is 16.7. The largest absolute Gasteiger partial charge is 0.392 e. The van der Waals surface area contributed by atoms with Crippen LogP contribution in [0.3, 0.4) is 0 Å². The Kier molecular flexibility index (Phi) is 2.39. The predicted octanol–water partition coefficient (Wildman–Crippen LogP) is 1.86. The van der Waals surface area contributed by atoms with Crippen LogP contribution in [-0.2, 0) is 9.47 Å². The van der Waals surface area contributed by atoms with Crippen LogP contribution in [0.5, 0.6) is 0 Å². The summed E-state index contributed by atoms with van der Waals surface area (Å²) in [5.41, 5.74) is 0.834. The molecular formula is C13H20O3. The Bertz CT molecular complexity index is 304. The van der Waals surface area contributed by atoms with E-state index >= 15 is 0 Å². The van der Waals surface area contributed by atoms with Crippen molar-refractivity contribution in [2.75, 3.05) is 7.11 Å². The lowest BCUT2D eigenvalue weighted by Gasteiger charge is -2.60. The predicted molar refractivity (Wildman–Crippen MR) is 59.8 cm³/mol. The third-order valence-electron chi connectivity index (χ3n) is 4.81. The number of hydrogen-bond donors (Lipinski definition) is 1. The lowest BCUT2D eigenvalue weighted by atomic mass is 9.53. The van der Waals surface area contributed by atoms with Gasteiger partial charge in [-0.15, -0.1) is 0 Å². The summed E-state index contributed by atoms with van der Waals surface area (Å²) in [7, 11) is 1.67. The first-order chi connectivity index (χ1) is 7.69. The standard InChI is InChI=1S/C13H20O3/c1-8-6-10-7-9-4-3-5-11(14)13(8,9)12(15-2)16-10/h9-12,14H,1,3-7H2,2H3/t9-,10-,11-,12-,13+/m0/s1. The maximum absolute atomic E-state index is 10.4. The van der Waals surface area contributed by atoms with Gasteiger partial charge in [-0.05, 0) is 31.6 Å². The first kappa shape index (κ1) is 10.8. The molecule has 16 heavy (non-hydrogen) atoms. The number of aliphatic hydroxyl groups is 1. The summed E-state index contributed by atoms with van der Waals surface area (Å²) < 4.78 is 11.4. The molecule has 2 saturated carbocycles. The van der Waals surface area contributed by atoms with Crippen molar-refractivity contribution in [3.63, 3.8) is 0 Å². The van der Waals surface area contributed by atoms with E-state index in [2.05, 4.69) is 6.58 Å². The maximum Gasteiger partial charge on any atom is 0.169 e. The maximum atomic E-state index is 10.4. The second-order valence-corrected chi connectivity index (χ2v) is 5.45. The fourth-order valence-corrected chi connectivity index (χ4v) is 4.15. The molecule has 4 fully saturated rings. The van der Waals surface area contributed by atoms with Crippen LogP contribution in [0.1, 0.15) is 32.1 Å². The molecule has 3 nitrogen and oxygen atoms in total. The summed E-state index contributed by atoms with van der Waals surface area (Å²) in [4.78, 5) is 0. The third-order valence-corrected chi connectivity index (χ3v) is 4.81. The molecule has 2 heterocycles. The van der Waals surface area contributed by atoms with Crippen LogP contribution in [0.2, 0.25) is 0 Å². The summed E-state index contributed by atoms with van der Waals surface area (Å²) in [6, 6.07) is 0. The van der Waals surface area contributed by atoms with Gasteiger partial charge in [0, 0.05) is 7.11 Å². The van der Waals surface area contributed by atoms with Crippen molar-refractivity contribution >= 4 is 0 Å². The molecule has 2 saturated heterocycles. The van der Waals surface area contributed by atoms with E-state index < -0.39 is 0 Å². The van der Waals surface area contributed by atoms with Gasteiger partial charge in [0.15, 0.2) is 6.29 Å². The molecule has 0 unspecified atom stereocenters. The fraction of sp³-hybridized carbons (Fsp3) is 0.846. The van der Waals surface area contributed by atoms with Gasteiger partial charge in [0.1, 0.15) is 0 Å². The Labute approximate surface area is 96.4 Å². The molecule has 0 amide bonds. The molecule has 2 aliphatic heterocycles. The minimum absolute atomic E-state index is 0.259. The van der Waals surface area contributed by atoms with Crippen LogP contribution >= 0.6 is 0 Å². The quantitative estimate of drug-likeness (QED) is 0.691. The van der Waals surface area contributed by atoms with Crippen LogP contribution in [0, 0.1) is 11.3 Å². The van der Waals surface area contributed by atoms with Gasteiger partial charge >= 0.3 is 0 Å². The Balaban J connectivity index is 2.05. The molecule has 3 heteroatoms. The number of ether oxygens (including phenoxy) is 2. The number of hydrogen-bond acceptors (Lipinski definition) is 3. The lowest BCUT2D eigenvalue weighted by molar-refractivity contribution is -0.304. The monoisotopic (exact) mass is 224 g/mol. The van der Waals surface area contributed by atoms with Crippen molar-refractivity contribution in [3.05, 3.63) is 12.2 Å². The van der Waals surface area contributed by atoms with Crippen LogP contribution in [-0.4, -0.2) is 30.7 Å². The molecule has 0 aromatic heterocycles. The van der Waals surface area contributed by atoms with Gasteiger partial charge in [-0.1, -0.05) is 18.6 Å². The first-order valence-electron chi connectivity index (χ1n) is 6.24. The molecule has 2 bridgehead atoms. The summed E-state index contributed by atoms with van der Waals surface area (Å²) in [6.07, 6.45) is 4.74. The summed E-state index contributed by atoms with van der Waals surface area (Å²) in [6.45, 7) is 4.20. The van der Waals surface area contributed by atoms with E-state index in [0.29, 0.717) is 5.92 Å². The van der Waals surface area contributed by atoms with E-state index in [1.807, 2.05) is 0 Å². The van der Waals surface area contributed by atoms with Crippen LogP contribution in [0.15, 0.2) is 12.2 Å². The van der Waals surface area contributed by atoms with Gasteiger partial charge in [-0.3, -0.25) is 0 Å². The molecule has 1 spiro atoms. The molecule has 4 aliphatic rings. The summed E-state index contributed by atoms with van der Waals surface area (Å²) >= 11 is 0. The van der Waals surface area contributed by atoms with E-state index in [1.54, 1.807) is 7.11 Å². The van der Waals surface area contributed by atoms with Crippen molar-refractivity contribution in [2.45, 2.75) is 50.6 Å². The number of methoxy groups -OCH3 is 1. The lowest BCUT2D eigenvalue weighted by Crippen LogP contribution is -2.63. The topological polar surface area (TPSA) is 38.7 Å². The minimum atomic E-state index is -0.343. The van der Waals surface area contributed by atoms with Gasteiger partial charge in [-0.2, -0.15) is 0 Å². The molecule has 4 rings (SSSR count). The van der Waals surface area contributed by atoms with Gasteiger partial charge in [0.2, 0.25) is 0 Å². The highest BCUT2D eigenvalue weighted by molar-refractivity contribution is 5.25.